The van der Waals surface area contributed by atoms with Crippen LogP contribution in [0.2, 0.25) is 0 Å². The molecule has 1 aliphatic rings. The Morgan fingerprint density at radius 1 is 1.28 bits per heavy atom. The topological polar surface area (TPSA) is 60.3 Å². The van der Waals surface area contributed by atoms with Gasteiger partial charge in [0, 0.05) is 19.3 Å². The maximum atomic E-state index is 12.1. The van der Waals surface area contributed by atoms with Crippen LogP contribution in [0.25, 0.3) is 11.0 Å². The molecule has 18 heavy (non-hydrogen) atoms. The normalized spacial score (nSPS) is 16.9. The van der Waals surface area contributed by atoms with E-state index in [0.717, 1.165) is 13.1 Å². The third kappa shape index (κ3) is 2.21. The van der Waals surface area contributed by atoms with E-state index in [1.807, 2.05) is 0 Å². The number of nitrogens with zero attached hydrogens (tertiary/aromatic N) is 4. The van der Waals surface area contributed by atoms with E-state index in [1.165, 1.54) is 23.9 Å². The first-order valence-corrected chi connectivity index (χ1v) is 6.70. The smallest absolute Gasteiger partial charge is 0.312 e. The minimum absolute atomic E-state index is 0.159. The number of hydrogen-bond donors (Lipinski definition) is 0. The van der Waals surface area contributed by atoms with E-state index >= 15 is 0 Å². The second-order valence-electron chi connectivity index (χ2n) is 4.12. The molecule has 0 amide bonds. The van der Waals surface area contributed by atoms with Crippen molar-refractivity contribution in [1.29, 1.82) is 0 Å². The van der Waals surface area contributed by atoms with Crippen molar-refractivity contribution in [2.24, 2.45) is 0 Å². The molecular weight excluding hydrogens is 251 g/mol. The summed E-state index contributed by atoms with van der Waals surface area (Å²) in [5.41, 5.74) is 0.672. The van der Waals surface area contributed by atoms with Gasteiger partial charge >= 0.3 is 5.56 Å². The summed E-state index contributed by atoms with van der Waals surface area (Å²) in [5.74, 6) is 0. The van der Waals surface area contributed by atoms with Crippen LogP contribution in [0.3, 0.4) is 0 Å². The van der Waals surface area contributed by atoms with Crippen LogP contribution in [-0.2, 0) is 0 Å². The third-order valence-electron chi connectivity index (χ3n) is 2.87. The van der Waals surface area contributed by atoms with Crippen molar-refractivity contribution in [3.8, 4) is 0 Å². The Kier molecular flexibility index (Phi) is 3.21. The monoisotopic (exact) mass is 264 g/mol. The molecule has 94 valence electrons. The summed E-state index contributed by atoms with van der Waals surface area (Å²) in [6, 6.07) is 3.52. The summed E-state index contributed by atoms with van der Waals surface area (Å²) >= 11 is 0. The summed E-state index contributed by atoms with van der Waals surface area (Å²) in [5, 5.41) is 0. The number of rotatable bonds is 3. The fraction of sp³-hybridized carbons (Fsp3) is 0.364. The fourth-order valence-corrected chi connectivity index (χ4v) is 2.74. The van der Waals surface area contributed by atoms with Crippen molar-refractivity contribution in [2.45, 2.75) is 12.8 Å². The number of hydrogen-bond acceptors (Lipinski definition) is 5. The van der Waals surface area contributed by atoms with E-state index < -0.39 is 0 Å². The van der Waals surface area contributed by atoms with Crippen LogP contribution < -0.4 is 10.2 Å². The minimum atomic E-state index is -0.257. The van der Waals surface area contributed by atoms with Crippen molar-refractivity contribution >= 4 is 20.0 Å². The van der Waals surface area contributed by atoms with Crippen molar-refractivity contribution < 1.29 is 4.62 Å². The standard InChI is InChI=1S/C11H13N4O2P/c16-11-10-9(4-3-5-12-10)13-8-15(11)17-18-14-6-1-2-7-14/h3-5,8,18H,1-2,6-7H2. The maximum absolute atomic E-state index is 12.1. The molecule has 0 N–H and O–H groups in total. The van der Waals surface area contributed by atoms with Gasteiger partial charge in [0.1, 0.15) is 6.33 Å². The number of fused-ring (bicyclic) bond motifs is 1. The Hall–Kier alpha value is -1.52. The molecule has 3 heterocycles. The van der Waals surface area contributed by atoms with Gasteiger partial charge in [-0.1, -0.05) is 0 Å². The van der Waals surface area contributed by atoms with Crippen LogP contribution in [0.15, 0.2) is 29.5 Å². The molecule has 0 aliphatic carbocycles. The molecule has 7 heteroatoms. The number of pyridine rings is 1. The molecule has 0 aromatic carbocycles. The van der Waals surface area contributed by atoms with Gasteiger partial charge in [-0.3, -0.25) is 9.46 Å². The molecule has 1 fully saturated rings. The second kappa shape index (κ2) is 5.00. The third-order valence-corrected chi connectivity index (χ3v) is 3.85. The van der Waals surface area contributed by atoms with Gasteiger partial charge in [0.05, 0.1) is 5.52 Å². The van der Waals surface area contributed by atoms with Gasteiger partial charge in [0.15, 0.2) is 14.5 Å². The first kappa shape index (κ1) is 11.6. The molecule has 2 aromatic rings. The van der Waals surface area contributed by atoms with Crippen LogP contribution in [-0.4, -0.2) is 32.5 Å². The average Bonchev–Trinajstić information content (AvgIpc) is 2.91. The highest BCUT2D eigenvalue weighted by molar-refractivity contribution is 7.29. The molecule has 1 saturated heterocycles. The van der Waals surface area contributed by atoms with Crippen molar-refractivity contribution in [1.82, 2.24) is 19.4 Å². The maximum Gasteiger partial charge on any atom is 0.312 e. The van der Waals surface area contributed by atoms with E-state index in [9.17, 15) is 4.79 Å². The minimum Gasteiger partial charge on any atom is -0.377 e. The fourth-order valence-electron chi connectivity index (χ4n) is 1.91. The van der Waals surface area contributed by atoms with Crippen molar-refractivity contribution in [2.75, 3.05) is 13.1 Å². The zero-order valence-electron chi connectivity index (χ0n) is 9.74. The van der Waals surface area contributed by atoms with Gasteiger partial charge in [0.25, 0.3) is 0 Å². The molecule has 6 nitrogen and oxygen atoms in total. The zero-order valence-corrected chi connectivity index (χ0v) is 10.7. The molecular formula is C11H13N4O2P. The molecule has 1 aliphatic heterocycles. The van der Waals surface area contributed by atoms with Gasteiger partial charge in [-0.15, -0.1) is 4.73 Å². The molecule has 2 aromatic heterocycles. The molecule has 1 atom stereocenters. The Labute approximate surface area is 105 Å². The SMILES string of the molecule is O=c1c2ncccc2ncn1OPN1CCCC1. The lowest BCUT2D eigenvalue weighted by atomic mass is 10.4. The first-order valence-electron chi connectivity index (χ1n) is 5.85. The van der Waals surface area contributed by atoms with E-state index in [-0.39, 0.29) is 14.5 Å². The lowest BCUT2D eigenvalue weighted by Gasteiger charge is -2.14. The first-order chi connectivity index (χ1) is 8.84. The van der Waals surface area contributed by atoms with Crippen LogP contribution >= 0.6 is 8.96 Å². The van der Waals surface area contributed by atoms with E-state index in [4.69, 9.17) is 4.62 Å². The lowest BCUT2D eigenvalue weighted by molar-refractivity contribution is 0.276. The summed E-state index contributed by atoms with van der Waals surface area (Å²) in [6.07, 6.45) is 5.39. The van der Waals surface area contributed by atoms with Crippen molar-refractivity contribution in [3.63, 3.8) is 0 Å². The highest BCUT2D eigenvalue weighted by atomic mass is 31.1. The van der Waals surface area contributed by atoms with Crippen LogP contribution in [0.5, 0.6) is 0 Å². The lowest BCUT2D eigenvalue weighted by Crippen LogP contribution is -2.26. The Morgan fingerprint density at radius 3 is 2.94 bits per heavy atom. The predicted molar refractivity (Wildman–Crippen MR) is 69.5 cm³/mol. The quantitative estimate of drug-likeness (QED) is 0.768. The molecule has 1 unspecified atom stereocenters. The van der Waals surface area contributed by atoms with Gasteiger partial charge in [-0.25, -0.2) is 9.97 Å². The molecule has 0 saturated carbocycles. The Balaban J connectivity index is 1.83. The Bertz CT molecular complexity index is 609. The highest BCUT2D eigenvalue weighted by Gasteiger charge is 2.13. The largest absolute Gasteiger partial charge is 0.377 e. The van der Waals surface area contributed by atoms with Gasteiger partial charge < -0.3 is 4.62 Å². The van der Waals surface area contributed by atoms with Crippen LogP contribution in [0.1, 0.15) is 12.8 Å². The average molecular weight is 264 g/mol. The molecule has 3 rings (SSSR count). The van der Waals surface area contributed by atoms with Crippen molar-refractivity contribution in [3.05, 3.63) is 35.0 Å². The summed E-state index contributed by atoms with van der Waals surface area (Å²) in [6.45, 7) is 2.07. The summed E-state index contributed by atoms with van der Waals surface area (Å²) in [7, 11) is 0.159. The second-order valence-corrected chi connectivity index (χ2v) is 5.12. The van der Waals surface area contributed by atoms with Crippen LogP contribution in [0, 0.1) is 0 Å². The Morgan fingerprint density at radius 2 is 2.11 bits per heavy atom. The van der Waals surface area contributed by atoms with Crippen LogP contribution in [0.4, 0.5) is 0 Å². The molecule has 0 spiro atoms. The highest BCUT2D eigenvalue weighted by Crippen LogP contribution is 2.21. The predicted octanol–water partition coefficient (Wildman–Crippen LogP) is 0.824. The van der Waals surface area contributed by atoms with Gasteiger partial charge in [-0.05, 0) is 25.0 Å². The summed E-state index contributed by atoms with van der Waals surface area (Å²) in [4.78, 5) is 20.2. The van der Waals surface area contributed by atoms with E-state index in [0.29, 0.717) is 11.0 Å². The van der Waals surface area contributed by atoms with Gasteiger partial charge in [-0.2, -0.15) is 0 Å². The van der Waals surface area contributed by atoms with E-state index in [2.05, 4.69) is 14.6 Å². The summed E-state index contributed by atoms with van der Waals surface area (Å²) < 4.78 is 8.85. The van der Waals surface area contributed by atoms with E-state index in [1.54, 1.807) is 18.3 Å². The molecule has 0 bridgehead atoms. The van der Waals surface area contributed by atoms with Gasteiger partial charge in [0.2, 0.25) is 0 Å². The zero-order chi connectivity index (χ0) is 12.4. The molecule has 0 radical (unpaired) electrons. The number of aromatic nitrogens is 3.